The molecular weight excluding hydrogens is 390 g/mol. The summed E-state index contributed by atoms with van der Waals surface area (Å²) in [5.41, 5.74) is 2.37. The van der Waals surface area contributed by atoms with Gasteiger partial charge in [0, 0.05) is 11.0 Å². The molecule has 0 bridgehead atoms. The second kappa shape index (κ2) is 8.29. The first kappa shape index (κ1) is 19.5. The second-order valence-corrected chi connectivity index (χ2v) is 8.41. The topological polar surface area (TPSA) is 73.9 Å². The molecule has 1 aromatic heterocycles. The lowest BCUT2D eigenvalue weighted by Gasteiger charge is -2.14. The fourth-order valence-corrected chi connectivity index (χ4v) is 4.77. The van der Waals surface area contributed by atoms with Gasteiger partial charge in [0.2, 0.25) is 12.7 Å². The summed E-state index contributed by atoms with van der Waals surface area (Å²) < 4.78 is 16.1. The highest BCUT2D eigenvalue weighted by Gasteiger charge is 2.27. The van der Waals surface area contributed by atoms with Crippen LogP contribution in [0.5, 0.6) is 11.5 Å². The van der Waals surface area contributed by atoms with Crippen molar-refractivity contribution in [1.82, 2.24) is 0 Å². The zero-order valence-corrected chi connectivity index (χ0v) is 17.3. The molecule has 0 fully saturated rings. The maximum absolute atomic E-state index is 12.7. The van der Waals surface area contributed by atoms with E-state index in [1.807, 2.05) is 32.0 Å². The minimum absolute atomic E-state index is 0.210. The van der Waals surface area contributed by atoms with Crippen LogP contribution in [0.2, 0.25) is 0 Å². The number of ether oxygens (including phenoxy) is 3. The number of carbonyl (C=O) groups is 2. The molecule has 7 heteroatoms. The summed E-state index contributed by atoms with van der Waals surface area (Å²) in [6.07, 6.45) is 6.87. The Hall–Kier alpha value is -2.80. The molecule has 1 aromatic carbocycles. The van der Waals surface area contributed by atoms with Gasteiger partial charge in [-0.3, -0.25) is 4.79 Å². The highest BCUT2D eigenvalue weighted by molar-refractivity contribution is 7.17. The molecule has 0 saturated carbocycles. The number of hydrogen-bond acceptors (Lipinski definition) is 6. The number of carbonyl (C=O) groups excluding carboxylic acids is 2. The third kappa shape index (κ3) is 4.29. The third-order valence-electron chi connectivity index (χ3n) is 4.78. The Kier molecular flexibility index (Phi) is 5.58. The smallest absolute Gasteiger partial charge is 0.341 e. The molecule has 2 aromatic rings. The lowest BCUT2D eigenvalue weighted by atomic mass is 9.95. The van der Waals surface area contributed by atoms with E-state index in [9.17, 15) is 9.59 Å². The highest BCUT2D eigenvalue weighted by Crippen LogP contribution is 2.39. The van der Waals surface area contributed by atoms with Crippen molar-refractivity contribution in [2.24, 2.45) is 0 Å². The van der Waals surface area contributed by atoms with E-state index in [1.165, 1.54) is 22.3 Å². The quantitative estimate of drug-likeness (QED) is 0.574. The number of thiophene rings is 1. The van der Waals surface area contributed by atoms with Crippen LogP contribution < -0.4 is 14.8 Å². The minimum Gasteiger partial charge on any atom is -0.459 e. The van der Waals surface area contributed by atoms with Crippen LogP contribution in [0, 0.1) is 0 Å². The first-order valence-corrected chi connectivity index (χ1v) is 10.6. The molecule has 0 atom stereocenters. The predicted octanol–water partition coefficient (Wildman–Crippen LogP) is 4.57. The van der Waals surface area contributed by atoms with E-state index in [0.29, 0.717) is 22.1 Å². The first-order chi connectivity index (χ1) is 14.0. The van der Waals surface area contributed by atoms with Crippen LogP contribution in [0.4, 0.5) is 5.00 Å². The lowest BCUT2D eigenvalue weighted by molar-refractivity contribution is -0.111. The summed E-state index contributed by atoms with van der Waals surface area (Å²) in [7, 11) is 0. The standard InChI is InChI=1S/C22H23NO5S/c1-13(2)28-22(25)20-15-5-3-4-6-18(15)29-21(20)23-19(24)10-8-14-7-9-16-17(11-14)27-12-26-16/h7-11,13H,3-6,12H2,1-2H3,(H,23,24)/b10-8+. The Balaban J connectivity index is 1.53. The number of rotatable bonds is 5. The molecule has 2 heterocycles. The summed E-state index contributed by atoms with van der Waals surface area (Å²) in [5.74, 6) is 0.704. The summed E-state index contributed by atoms with van der Waals surface area (Å²) in [4.78, 5) is 26.4. The maximum atomic E-state index is 12.7. The van der Waals surface area contributed by atoms with Gasteiger partial charge >= 0.3 is 5.97 Å². The number of nitrogens with one attached hydrogen (secondary N) is 1. The van der Waals surface area contributed by atoms with Gasteiger partial charge in [0.1, 0.15) is 5.00 Å². The molecule has 1 amide bonds. The molecular formula is C22H23NO5S. The molecule has 2 aliphatic rings. The van der Waals surface area contributed by atoms with Crippen LogP contribution in [0.1, 0.15) is 53.1 Å². The number of aryl methyl sites for hydroxylation is 1. The molecule has 6 nitrogen and oxygen atoms in total. The van der Waals surface area contributed by atoms with Crippen LogP contribution >= 0.6 is 11.3 Å². The number of amides is 1. The van der Waals surface area contributed by atoms with Crippen molar-refractivity contribution in [3.63, 3.8) is 0 Å². The average molecular weight is 413 g/mol. The van der Waals surface area contributed by atoms with Gasteiger partial charge in [-0.1, -0.05) is 6.07 Å². The van der Waals surface area contributed by atoms with Crippen molar-refractivity contribution in [2.45, 2.75) is 45.6 Å². The SMILES string of the molecule is CC(C)OC(=O)c1c(NC(=O)/C=C/c2ccc3c(c2)OCO3)sc2c1CCCC2. The molecule has 4 rings (SSSR count). The van der Waals surface area contributed by atoms with Gasteiger partial charge in [0.05, 0.1) is 11.7 Å². The lowest BCUT2D eigenvalue weighted by Crippen LogP contribution is -2.17. The molecule has 0 saturated heterocycles. The van der Waals surface area contributed by atoms with Crippen molar-refractivity contribution in [3.8, 4) is 11.5 Å². The summed E-state index contributed by atoms with van der Waals surface area (Å²) in [6, 6.07) is 5.49. The number of fused-ring (bicyclic) bond motifs is 2. The number of hydrogen-bond donors (Lipinski definition) is 1. The zero-order chi connectivity index (χ0) is 20.4. The molecule has 0 spiro atoms. The fraction of sp³-hybridized carbons (Fsp3) is 0.364. The molecule has 0 radical (unpaired) electrons. The third-order valence-corrected chi connectivity index (χ3v) is 5.99. The predicted molar refractivity (Wildman–Crippen MR) is 112 cm³/mol. The fourth-order valence-electron chi connectivity index (χ4n) is 3.49. The van der Waals surface area contributed by atoms with Crippen molar-refractivity contribution < 1.29 is 23.8 Å². The van der Waals surface area contributed by atoms with Crippen LogP contribution in [-0.2, 0) is 22.4 Å². The van der Waals surface area contributed by atoms with E-state index in [2.05, 4.69) is 5.32 Å². The van der Waals surface area contributed by atoms with Crippen molar-refractivity contribution in [3.05, 3.63) is 45.8 Å². The van der Waals surface area contributed by atoms with Gasteiger partial charge in [-0.25, -0.2) is 4.79 Å². The minimum atomic E-state index is -0.366. The summed E-state index contributed by atoms with van der Waals surface area (Å²) >= 11 is 1.48. The maximum Gasteiger partial charge on any atom is 0.341 e. The van der Waals surface area contributed by atoms with E-state index in [4.69, 9.17) is 14.2 Å². The number of anilines is 1. The molecule has 1 N–H and O–H groups in total. The van der Waals surface area contributed by atoms with E-state index in [0.717, 1.165) is 36.8 Å². The van der Waals surface area contributed by atoms with Gasteiger partial charge in [0.15, 0.2) is 11.5 Å². The van der Waals surface area contributed by atoms with E-state index >= 15 is 0 Å². The van der Waals surface area contributed by atoms with Gasteiger partial charge in [-0.2, -0.15) is 0 Å². The second-order valence-electron chi connectivity index (χ2n) is 7.30. The van der Waals surface area contributed by atoms with Gasteiger partial charge in [-0.05, 0) is 68.9 Å². The van der Waals surface area contributed by atoms with Crippen molar-refractivity contribution in [2.75, 3.05) is 12.1 Å². The molecule has 1 aliphatic heterocycles. The highest BCUT2D eigenvalue weighted by atomic mass is 32.1. The van der Waals surface area contributed by atoms with Gasteiger partial charge in [0.25, 0.3) is 0 Å². The van der Waals surface area contributed by atoms with E-state index in [-0.39, 0.29) is 24.8 Å². The van der Waals surface area contributed by atoms with Crippen molar-refractivity contribution >= 4 is 34.3 Å². The Morgan fingerprint density at radius 3 is 2.79 bits per heavy atom. The number of benzene rings is 1. The Morgan fingerprint density at radius 1 is 1.17 bits per heavy atom. The van der Waals surface area contributed by atoms with E-state index < -0.39 is 0 Å². The Morgan fingerprint density at radius 2 is 1.97 bits per heavy atom. The van der Waals surface area contributed by atoms with Gasteiger partial charge < -0.3 is 19.5 Å². The largest absolute Gasteiger partial charge is 0.459 e. The summed E-state index contributed by atoms with van der Waals surface area (Å²) in [6.45, 7) is 3.85. The molecule has 0 unspecified atom stereocenters. The summed E-state index contributed by atoms with van der Waals surface area (Å²) in [5, 5.41) is 3.45. The molecule has 29 heavy (non-hydrogen) atoms. The number of esters is 1. The first-order valence-electron chi connectivity index (χ1n) is 9.75. The Labute approximate surface area is 173 Å². The molecule has 1 aliphatic carbocycles. The van der Waals surface area contributed by atoms with Crippen LogP contribution in [0.15, 0.2) is 24.3 Å². The molecule has 152 valence electrons. The van der Waals surface area contributed by atoms with E-state index in [1.54, 1.807) is 6.08 Å². The monoisotopic (exact) mass is 413 g/mol. The van der Waals surface area contributed by atoms with Crippen LogP contribution in [0.3, 0.4) is 0 Å². The van der Waals surface area contributed by atoms with Crippen molar-refractivity contribution in [1.29, 1.82) is 0 Å². The van der Waals surface area contributed by atoms with Crippen LogP contribution in [0.25, 0.3) is 6.08 Å². The normalized spacial score (nSPS) is 14.9. The van der Waals surface area contributed by atoms with Crippen LogP contribution in [-0.4, -0.2) is 24.8 Å². The Bertz CT molecular complexity index is 976. The average Bonchev–Trinajstić information content (AvgIpc) is 3.29. The van der Waals surface area contributed by atoms with Gasteiger partial charge in [-0.15, -0.1) is 11.3 Å². The zero-order valence-electron chi connectivity index (χ0n) is 16.4.